The lowest BCUT2D eigenvalue weighted by molar-refractivity contribution is -0.870. The lowest BCUT2D eigenvalue weighted by Crippen LogP contribution is -2.45. The van der Waals surface area contributed by atoms with Crippen molar-refractivity contribution in [3.63, 3.8) is 0 Å². The monoisotopic (exact) mass is 797 g/mol. The predicted molar refractivity (Wildman–Crippen MR) is 233 cm³/mol. The van der Waals surface area contributed by atoms with Crippen LogP contribution in [-0.4, -0.2) is 68.5 Å². The van der Waals surface area contributed by atoms with E-state index in [0.29, 0.717) is 17.4 Å². The summed E-state index contributed by atoms with van der Waals surface area (Å²) < 4.78 is 23.2. The number of carbonyl (C=O) groups is 1. The minimum Gasteiger partial charge on any atom is -0.756 e. The lowest BCUT2D eigenvalue weighted by atomic mass is 10.0. The Kier molecular flexibility index (Phi) is 37.4. The summed E-state index contributed by atoms with van der Waals surface area (Å²) in [5, 5.41) is 13.8. The molecule has 0 aromatic carbocycles. The van der Waals surface area contributed by atoms with Gasteiger partial charge >= 0.3 is 0 Å². The number of hydrogen-bond acceptors (Lipinski definition) is 6. The van der Waals surface area contributed by atoms with Crippen LogP contribution in [0.3, 0.4) is 0 Å². The third-order valence-electron chi connectivity index (χ3n) is 10.1. The fourth-order valence-corrected chi connectivity index (χ4v) is 7.14. The molecule has 324 valence electrons. The Bertz CT molecular complexity index is 995. The van der Waals surface area contributed by atoms with Crippen LogP contribution < -0.4 is 10.2 Å². The molecule has 1 amide bonds. The van der Waals surface area contributed by atoms with E-state index < -0.39 is 20.0 Å². The Labute approximate surface area is 340 Å². The molecule has 0 aliphatic rings. The zero-order valence-electron chi connectivity index (χ0n) is 36.6. The van der Waals surface area contributed by atoms with Crippen molar-refractivity contribution in [3.8, 4) is 0 Å². The van der Waals surface area contributed by atoms with Crippen LogP contribution in [0.25, 0.3) is 0 Å². The Hall–Kier alpha value is -1.28. The van der Waals surface area contributed by atoms with Crippen LogP contribution in [0.15, 0.2) is 36.5 Å². The van der Waals surface area contributed by atoms with Crippen molar-refractivity contribution in [2.75, 3.05) is 40.9 Å². The number of quaternary nitrogens is 1. The topological polar surface area (TPSA) is 108 Å². The molecule has 9 heteroatoms. The lowest BCUT2D eigenvalue weighted by Gasteiger charge is -2.29. The standard InChI is InChI=1S/C46H89N2O6P/c1-6-8-10-12-14-16-18-20-21-22-23-24-25-26-27-28-30-32-34-36-38-40-46(50)47-44(43-54-55(51,52)53-42-41-48(3,4)5)45(49)39-37-35-33-31-29-19-17-15-13-11-9-7-2/h18,20,22-23,37,39,44-45,49H,6-17,19,21,24-36,38,40-43H2,1-5H3,(H-,47,50,51,52)/b20-18-,23-22-,39-37+. The van der Waals surface area contributed by atoms with Crippen molar-refractivity contribution in [3.05, 3.63) is 36.5 Å². The zero-order valence-corrected chi connectivity index (χ0v) is 37.5. The molecule has 55 heavy (non-hydrogen) atoms. The summed E-state index contributed by atoms with van der Waals surface area (Å²) in [5.74, 6) is -0.203. The molecule has 0 aromatic heterocycles. The number of phosphoric acid groups is 1. The molecule has 3 atom stereocenters. The summed E-state index contributed by atoms with van der Waals surface area (Å²) in [7, 11) is 1.26. The highest BCUT2D eigenvalue weighted by Gasteiger charge is 2.23. The van der Waals surface area contributed by atoms with Gasteiger partial charge in [-0.25, -0.2) is 0 Å². The Morgan fingerprint density at radius 2 is 1.05 bits per heavy atom. The van der Waals surface area contributed by atoms with Gasteiger partial charge in [0.25, 0.3) is 7.82 Å². The maximum absolute atomic E-state index is 12.9. The Morgan fingerprint density at radius 3 is 1.51 bits per heavy atom. The van der Waals surface area contributed by atoms with E-state index in [4.69, 9.17) is 9.05 Å². The van der Waals surface area contributed by atoms with Crippen LogP contribution in [0, 0.1) is 0 Å². The first-order chi connectivity index (χ1) is 26.5. The van der Waals surface area contributed by atoms with Gasteiger partial charge < -0.3 is 28.8 Å². The summed E-state index contributed by atoms with van der Waals surface area (Å²) >= 11 is 0. The fourth-order valence-electron chi connectivity index (χ4n) is 6.42. The molecule has 0 spiro atoms. The predicted octanol–water partition coefficient (Wildman–Crippen LogP) is 12.1. The van der Waals surface area contributed by atoms with E-state index >= 15 is 0 Å². The van der Waals surface area contributed by atoms with E-state index in [0.717, 1.165) is 44.9 Å². The van der Waals surface area contributed by atoms with Gasteiger partial charge in [-0.15, -0.1) is 0 Å². The number of hydrogen-bond donors (Lipinski definition) is 2. The zero-order chi connectivity index (χ0) is 40.7. The number of allylic oxidation sites excluding steroid dienone is 5. The molecule has 8 nitrogen and oxygen atoms in total. The molecule has 0 aromatic rings. The van der Waals surface area contributed by atoms with E-state index in [9.17, 15) is 19.4 Å². The summed E-state index contributed by atoms with van der Waals surface area (Å²) in [6.45, 7) is 4.62. The quantitative estimate of drug-likeness (QED) is 0.0276. The van der Waals surface area contributed by atoms with Gasteiger partial charge in [-0.2, -0.15) is 0 Å². The molecule has 2 N–H and O–H groups in total. The van der Waals surface area contributed by atoms with Crippen LogP contribution in [0.5, 0.6) is 0 Å². The van der Waals surface area contributed by atoms with Gasteiger partial charge in [0, 0.05) is 6.42 Å². The molecule has 3 unspecified atom stereocenters. The number of phosphoric ester groups is 1. The molecule has 0 bridgehead atoms. The second-order valence-electron chi connectivity index (χ2n) is 16.8. The number of nitrogens with one attached hydrogen (secondary N) is 1. The van der Waals surface area contributed by atoms with E-state index in [1.807, 2.05) is 27.2 Å². The molecule has 0 saturated carbocycles. The largest absolute Gasteiger partial charge is 0.756 e. The van der Waals surface area contributed by atoms with Crippen molar-refractivity contribution >= 4 is 13.7 Å². The summed E-state index contributed by atoms with van der Waals surface area (Å²) in [4.78, 5) is 25.3. The maximum atomic E-state index is 12.9. The summed E-state index contributed by atoms with van der Waals surface area (Å²) in [5.41, 5.74) is 0. The highest BCUT2D eigenvalue weighted by molar-refractivity contribution is 7.45. The van der Waals surface area contributed by atoms with E-state index in [1.165, 1.54) is 135 Å². The van der Waals surface area contributed by atoms with Crippen molar-refractivity contribution in [1.82, 2.24) is 5.32 Å². The van der Waals surface area contributed by atoms with Gasteiger partial charge in [0.05, 0.1) is 39.9 Å². The van der Waals surface area contributed by atoms with Gasteiger partial charge in [0.1, 0.15) is 13.2 Å². The SMILES string of the molecule is CCCCCCC/C=C\C/C=C\CCCCCCCCCCCC(=O)NC(COP(=O)([O-])OCC[N+](C)(C)C)C(O)/C=C/CCCCCCCCCCCC. The second kappa shape index (κ2) is 38.2. The van der Waals surface area contributed by atoms with Gasteiger partial charge in [0.15, 0.2) is 0 Å². The summed E-state index contributed by atoms with van der Waals surface area (Å²) in [6.07, 6.45) is 46.1. The van der Waals surface area contributed by atoms with E-state index in [2.05, 4.69) is 43.5 Å². The second-order valence-corrected chi connectivity index (χ2v) is 18.2. The average Bonchev–Trinajstić information content (AvgIpc) is 3.13. The number of carbonyl (C=O) groups excluding carboxylic acids is 1. The van der Waals surface area contributed by atoms with Gasteiger partial charge in [0.2, 0.25) is 5.91 Å². The molecule has 0 rings (SSSR count). The van der Waals surface area contributed by atoms with E-state index in [-0.39, 0.29) is 19.1 Å². The highest BCUT2D eigenvalue weighted by Crippen LogP contribution is 2.38. The molecular weight excluding hydrogens is 707 g/mol. The van der Waals surface area contributed by atoms with Crippen molar-refractivity contribution < 1.29 is 32.9 Å². The first kappa shape index (κ1) is 53.7. The molecule has 0 radical (unpaired) electrons. The minimum atomic E-state index is -4.59. The number of aliphatic hydroxyl groups is 1. The Morgan fingerprint density at radius 1 is 0.636 bits per heavy atom. The third kappa shape index (κ3) is 40.7. The van der Waals surface area contributed by atoms with Crippen molar-refractivity contribution in [2.45, 2.75) is 212 Å². The Balaban J connectivity index is 4.34. The first-order valence-corrected chi connectivity index (χ1v) is 24.3. The average molecular weight is 797 g/mol. The number of nitrogens with zero attached hydrogens (tertiary/aromatic N) is 1. The third-order valence-corrected chi connectivity index (χ3v) is 11.1. The molecular formula is C46H89N2O6P. The minimum absolute atomic E-state index is 0.00212. The number of amides is 1. The smallest absolute Gasteiger partial charge is 0.268 e. The van der Waals surface area contributed by atoms with Crippen molar-refractivity contribution in [2.24, 2.45) is 0 Å². The summed E-state index contributed by atoms with van der Waals surface area (Å²) in [6, 6.07) is -0.886. The van der Waals surface area contributed by atoms with Crippen molar-refractivity contribution in [1.29, 1.82) is 0 Å². The molecule has 0 aliphatic heterocycles. The number of unbranched alkanes of at least 4 members (excludes halogenated alkanes) is 24. The number of rotatable bonds is 41. The number of aliphatic hydroxyl groups excluding tert-OH is 1. The highest BCUT2D eigenvalue weighted by atomic mass is 31.2. The number of likely N-dealkylation sites (N-methyl/N-ethyl adjacent to an activating group) is 1. The molecule has 0 heterocycles. The van der Waals surface area contributed by atoms with Gasteiger partial charge in [-0.1, -0.05) is 179 Å². The van der Waals surface area contributed by atoms with Crippen LogP contribution in [-0.2, 0) is 18.4 Å². The molecule has 0 saturated heterocycles. The fraction of sp³-hybridized carbons (Fsp3) is 0.848. The van der Waals surface area contributed by atoms with Gasteiger partial charge in [-0.05, 0) is 51.4 Å². The molecule has 0 fully saturated rings. The first-order valence-electron chi connectivity index (χ1n) is 22.9. The van der Waals surface area contributed by atoms with Crippen LogP contribution >= 0.6 is 7.82 Å². The van der Waals surface area contributed by atoms with Crippen LogP contribution in [0.1, 0.15) is 200 Å². The van der Waals surface area contributed by atoms with Gasteiger partial charge in [-0.3, -0.25) is 9.36 Å². The van der Waals surface area contributed by atoms with Crippen LogP contribution in [0.4, 0.5) is 0 Å². The maximum Gasteiger partial charge on any atom is 0.268 e. The molecule has 0 aliphatic carbocycles. The normalized spacial score (nSPS) is 14.7. The van der Waals surface area contributed by atoms with E-state index in [1.54, 1.807) is 6.08 Å². The van der Waals surface area contributed by atoms with Crippen LogP contribution in [0.2, 0.25) is 0 Å².